The van der Waals surface area contributed by atoms with Gasteiger partial charge in [0.1, 0.15) is 0 Å². The summed E-state index contributed by atoms with van der Waals surface area (Å²) in [6, 6.07) is 13.5. The zero-order valence-electron chi connectivity index (χ0n) is 9.24. The van der Waals surface area contributed by atoms with Gasteiger partial charge in [-0.3, -0.25) is 0 Å². The van der Waals surface area contributed by atoms with Crippen molar-refractivity contribution in [2.45, 2.75) is 25.2 Å². The number of rotatable bonds is 0. The highest BCUT2D eigenvalue weighted by Gasteiger charge is 2.26. The summed E-state index contributed by atoms with van der Waals surface area (Å²) in [5.41, 5.74) is 4.71. The molecular weight excluding hydrogens is 192 g/mol. The fourth-order valence-corrected chi connectivity index (χ4v) is 3.24. The van der Waals surface area contributed by atoms with E-state index in [0.29, 0.717) is 0 Å². The van der Waals surface area contributed by atoms with Gasteiger partial charge >= 0.3 is 0 Å². The third-order valence-corrected chi connectivity index (χ3v) is 4.11. The van der Waals surface area contributed by atoms with Gasteiger partial charge in [0.2, 0.25) is 0 Å². The summed E-state index contributed by atoms with van der Waals surface area (Å²) in [5.74, 6) is 0.789. The first-order chi connectivity index (χ1) is 7.92. The van der Waals surface area contributed by atoms with Crippen molar-refractivity contribution in [1.82, 2.24) is 0 Å². The Balaban J connectivity index is 2.09. The van der Waals surface area contributed by atoms with Crippen LogP contribution in [0.15, 0.2) is 42.5 Å². The maximum atomic E-state index is 2.45. The lowest BCUT2D eigenvalue weighted by Gasteiger charge is -2.32. The monoisotopic (exact) mass is 206 g/mol. The fourth-order valence-electron chi connectivity index (χ4n) is 3.24. The van der Waals surface area contributed by atoms with E-state index in [0.717, 1.165) is 5.92 Å². The van der Waals surface area contributed by atoms with Crippen molar-refractivity contribution in [3.63, 3.8) is 0 Å². The molecule has 3 aliphatic rings. The predicted octanol–water partition coefficient (Wildman–Crippen LogP) is 4.50. The molecule has 0 aliphatic heterocycles. The minimum absolute atomic E-state index is 0.789. The molecule has 0 amide bonds. The standard InChI is InChI=1S/C16H14/c1-2-4-14-10-16-12-7-5-11(6-8-12)15(16)9-13(14)3-1/h1-5,9-10,12H,6-8H2. The molecule has 5 rings (SSSR count). The minimum atomic E-state index is 0.789. The normalized spacial score (nSPS) is 22.0. The molecule has 78 valence electrons. The Kier molecular flexibility index (Phi) is 1.59. The van der Waals surface area contributed by atoms with Gasteiger partial charge in [-0.1, -0.05) is 36.4 Å². The van der Waals surface area contributed by atoms with Crippen molar-refractivity contribution in [2.24, 2.45) is 0 Å². The third kappa shape index (κ3) is 1.05. The van der Waals surface area contributed by atoms with E-state index in [1.165, 1.54) is 35.6 Å². The van der Waals surface area contributed by atoms with Gasteiger partial charge < -0.3 is 0 Å². The first kappa shape index (κ1) is 8.58. The fraction of sp³-hybridized carbons (Fsp3) is 0.250. The van der Waals surface area contributed by atoms with Gasteiger partial charge in [-0.15, -0.1) is 0 Å². The van der Waals surface area contributed by atoms with Crippen molar-refractivity contribution in [2.75, 3.05) is 0 Å². The highest BCUT2D eigenvalue weighted by Crippen LogP contribution is 2.46. The molecule has 0 N–H and O–H groups in total. The SMILES string of the molecule is C1=C2CCC(C1)c1cc3ccccc3cc12. The summed E-state index contributed by atoms with van der Waals surface area (Å²) >= 11 is 0. The summed E-state index contributed by atoms with van der Waals surface area (Å²) in [6.45, 7) is 0. The van der Waals surface area contributed by atoms with Crippen molar-refractivity contribution in [3.8, 4) is 0 Å². The van der Waals surface area contributed by atoms with Crippen LogP contribution in [0.4, 0.5) is 0 Å². The Morgan fingerprint density at radius 3 is 2.56 bits per heavy atom. The summed E-state index contributed by atoms with van der Waals surface area (Å²) in [5, 5.41) is 2.78. The van der Waals surface area contributed by atoms with Crippen LogP contribution in [-0.2, 0) is 0 Å². The number of benzene rings is 2. The Morgan fingerprint density at radius 1 is 1.00 bits per heavy atom. The highest BCUT2D eigenvalue weighted by atomic mass is 14.3. The van der Waals surface area contributed by atoms with Crippen LogP contribution in [0, 0.1) is 0 Å². The molecule has 0 saturated carbocycles. The molecule has 2 aromatic rings. The van der Waals surface area contributed by atoms with Gasteiger partial charge in [-0.25, -0.2) is 0 Å². The Labute approximate surface area is 95.6 Å². The smallest absolute Gasteiger partial charge is 0.0118 e. The lowest BCUT2D eigenvalue weighted by atomic mass is 9.72. The topological polar surface area (TPSA) is 0 Å². The van der Waals surface area contributed by atoms with Crippen molar-refractivity contribution in [1.29, 1.82) is 0 Å². The van der Waals surface area contributed by atoms with Crippen LogP contribution in [0.5, 0.6) is 0 Å². The average molecular weight is 206 g/mol. The molecular formula is C16H14. The Bertz CT molecular complexity index is 604. The zero-order chi connectivity index (χ0) is 10.5. The van der Waals surface area contributed by atoms with Gasteiger partial charge in [-0.2, -0.15) is 0 Å². The molecule has 1 atom stereocenters. The first-order valence-electron chi connectivity index (χ1n) is 6.14. The molecule has 16 heavy (non-hydrogen) atoms. The molecule has 0 radical (unpaired) electrons. The quantitative estimate of drug-likeness (QED) is 0.595. The number of allylic oxidation sites excluding steroid dienone is 2. The van der Waals surface area contributed by atoms with Crippen LogP contribution < -0.4 is 0 Å². The highest BCUT2D eigenvalue weighted by molar-refractivity contribution is 5.89. The Morgan fingerprint density at radius 2 is 1.81 bits per heavy atom. The third-order valence-electron chi connectivity index (χ3n) is 4.11. The van der Waals surface area contributed by atoms with E-state index < -0.39 is 0 Å². The molecule has 1 unspecified atom stereocenters. The predicted molar refractivity (Wildman–Crippen MR) is 68.5 cm³/mol. The van der Waals surface area contributed by atoms with E-state index in [1.54, 1.807) is 11.1 Å². The van der Waals surface area contributed by atoms with E-state index in [-0.39, 0.29) is 0 Å². The van der Waals surface area contributed by atoms with E-state index in [4.69, 9.17) is 0 Å². The maximum Gasteiger partial charge on any atom is -0.0118 e. The van der Waals surface area contributed by atoms with Crippen molar-refractivity contribution >= 4 is 16.3 Å². The molecule has 0 heteroatoms. The molecule has 0 spiro atoms. The van der Waals surface area contributed by atoms with E-state index >= 15 is 0 Å². The minimum Gasteiger partial charge on any atom is -0.0801 e. The summed E-state index contributed by atoms with van der Waals surface area (Å²) in [6.07, 6.45) is 6.36. The van der Waals surface area contributed by atoms with Crippen LogP contribution >= 0.6 is 0 Å². The molecule has 0 aromatic heterocycles. The molecule has 0 nitrogen and oxygen atoms in total. The second kappa shape index (κ2) is 2.98. The van der Waals surface area contributed by atoms with Gasteiger partial charge in [0.05, 0.1) is 0 Å². The van der Waals surface area contributed by atoms with Gasteiger partial charge in [0, 0.05) is 0 Å². The molecule has 0 saturated heterocycles. The zero-order valence-corrected chi connectivity index (χ0v) is 9.24. The van der Waals surface area contributed by atoms with Crippen LogP contribution in [0.1, 0.15) is 36.3 Å². The van der Waals surface area contributed by atoms with E-state index in [9.17, 15) is 0 Å². The van der Waals surface area contributed by atoms with Crippen molar-refractivity contribution in [3.05, 3.63) is 53.6 Å². The summed E-state index contributed by atoms with van der Waals surface area (Å²) < 4.78 is 0. The van der Waals surface area contributed by atoms with Crippen LogP contribution in [0.3, 0.4) is 0 Å². The first-order valence-corrected chi connectivity index (χ1v) is 6.14. The van der Waals surface area contributed by atoms with Gasteiger partial charge in [0.15, 0.2) is 0 Å². The summed E-state index contributed by atoms with van der Waals surface area (Å²) in [4.78, 5) is 0. The van der Waals surface area contributed by atoms with E-state index in [1.807, 2.05) is 0 Å². The van der Waals surface area contributed by atoms with Crippen LogP contribution in [0.25, 0.3) is 16.3 Å². The van der Waals surface area contributed by atoms with Crippen LogP contribution in [-0.4, -0.2) is 0 Å². The largest absolute Gasteiger partial charge is 0.0801 e. The number of hydrogen-bond acceptors (Lipinski definition) is 0. The molecule has 0 fully saturated rings. The lowest BCUT2D eigenvalue weighted by molar-refractivity contribution is 0.604. The average Bonchev–Trinajstić information content (AvgIpc) is 2.38. The van der Waals surface area contributed by atoms with Gasteiger partial charge in [0.25, 0.3) is 0 Å². The second-order valence-electron chi connectivity index (χ2n) is 4.99. The van der Waals surface area contributed by atoms with E-state index in [2.05, 4.69) is 42.5 Å². The number of fused-ring (bicyclic) bond motifs is 3. The number of hydrogen-bond donors (Lipinski definition) is 0. The summed E-state index contributed by atoms with van der Waals surface area (Å²) in [7, 11) is 0. The second-order valence-corrected chi connectivity index (χ2v) is 4.99. The molecule has 0 heterocycles. The van der Waals surface area contributed by atoms with Crippen molar-refractivity contribution < 1.29 is 0 Å². The molecule has 2 aromatic carbocycles. The molecule has 2 bridgehead atoms. The van der Waals surface area contributed by atoms with Crippen LogP contribution in [0.2, 0.25) is 0 Å². The van der Waals surface area contributed by atoms with Gasteiger partial charge in [-0.05, 0) is 58.7 Å². The Hall–Kier alpha value is -1.56. The lowest BCUT2D eigenvalue weighted by Crippen LogP contribution is -2.13. The molecule has 3 aliphatic carbocycles. The maximum absolute atomic E-state index is 2.45.